The predicted molar refractivity (Wildman–Crippen MR) is 52.1 cm³/mol. The third-order valence-electron chi connectivity index (χ3n) is 1.92. The van der Waals surface area contributed by atoms with Crippen molar-refractivity contribution in [2.24, 2.45) is 0 Å². The second kappa shape index (κ2) is 4.34. The molecule has 0 bridgehead atoms. The Morgan fingerprint density at radius 1 is 1.38 bits per heavy atom. The maximum atomic E-state index is 12.5. The van der Waals surface area contributed by atoms with Gasteiger partial charge in [-0.1, -0.05) is 18.2 Å². The Labute approximate surface area is 89.4 Å². The van der Waals surface area contributed by atoms with Crippen molar-refractivity contribution in [1.29, 1.82) is 0 Å². The molecular weight excluding hydrogens is 223 g/mol. The van der Waals surface area contributed by atoms with Gasteiger partial charge in [0.25, 0.3) is 0 Å². The van der Waals surface area contributed by atoms with Crippen molar-refractivity contribution in [2.75, 3.05) is 0 Å². The summed E-state index contributed by atoms with van der Waals surface area (Å²) in [6.07, 6.45) is -3.60. The van der Waals surface area contributed by atoms with Gasteiger partial charge in [0.2, 0.25) is 5.70 Å². The molecule has 0 heterocycles. The van der Waals surface area contributed by atoms with Crippen LogP contribution >= 0.6 is 0 Å². The number of benzene rings is 1. The van der Waals surface area contributed by atoms with Gasteiger partial charge in [-0.15, -0.1) is 0 Å². The summed E-state index contributed by atoms with van der Waals surface area (Å²) in [4.78, 5) is 9.59. The van der Waals surface area contributed by atoms with Gasteiger partial charge in [0.05, 0.1) is 10.5 Å². The summed E-state index contributed by atoms with van der Waals surface area (Å²) >= 11 is 0. The summed E-state index contributed by atoms with van der Waals surface area (Å²) in [5, 5.41) is 10.3. The van der Waals surface area contributed by atoms with Crippen molar-refractivity contribution in [3.05, 3.63) is 51.2 Å². The van der Waals surface area contributed by atoms with E-state index in [4.69, 9.17) is 0 Å². The third kappa shape index (κ3) is 2.82. The lowest BCUT2D eigenvalue weighted by Gasteiger charge is -2.09. The highest BCUT2D eigenvalue weighted by atomic mass is 19.4. The van der Waals surface area contributed by atoms with Crippen molar-refractivity contribution in [3.8, 4) is 0 Å². The van der Waals surface area contributed by atoms with Crippen LogP contribution in [0.3, 0.4) is 0 Å². The van der Waals surface area contributed by atoms with Crippen LogP contribution in [0.1, 0.15) is 18.1 Å². The molecule has 0 fully saturated rings. The summed E-state index contributed by atoms with van der Waals surface area (Å²) in [5.41, 5.74) is -1.42. The van der Waals surface area contributed by atoms with Gasteiger partial charge >= 0.3 is 6.18 Å². The minimum Gasteiger partial charge on any atom is -0.259 e. The molecule has 0 aliphatic carbocycles. The van der Waals surface area contributed by atoms with E-state index in [1.165, 1.54) is 18.2 Å². The molecule has 86 valence electrons. The summed E-state index contributed by atoms with van der Waals surface area (Å²) in [5.74, 6) is 0. The Kier molecular flexibility index (Phi) is 3.31. The van der Waals surface area contributed by atoms with Crippen molar-refractivity contribution in [1.82, 2.24) is 0 Å². The van der Waals surface area contributed by atoms with Crippen LogP contribution in [-0.2, 0) is 6.18 Å². The fourth-order valence-electron chi connectivity index (χ4n) is 1.16. The molecule has 0 aliphatic rings. The average molecular weight is 231 g/mol. The highest BCUT2D eigenvalue weighted by Gasteiger charge is 2.32. The van der Waals surface area contributed by atoms with E-state index in [-0.39, 0.29) is 11.3 Å². The molecular formula is C10H8F3NO2. The molecule has 0 unspecified atom stereocenters. The van der Waals surface area contributed by atoms with Crippen LogP contribution in [0.25, 0.3) is 6.08 Å². The van der Waals surface area contributed by atoms with Crippen molar-refractivity contribution in [2.45, 2.75) is 13.1 Å². The zero-order valence-electron chi connectivity index (χ0n) is 8.28. The molecule has 1 aromatic carbocycles. The summed E-state index contributed by atoms with van der Waals surface area (Å²) in [7, 11) is 0. The lowest BCUT2D eigenvalue weighted by Crippen LogP contribution is -2.07. The molecule has 1 aromatic rings. The number of alkyl halides is 3. The fraction of sp³-hybridized carbons (Fsp3) is 0.200. The molecule has 0 spiro atoms. The largest absolute Gasteiger partial charge is 0.416 e. The number of rotatable bonds is 2. The second-order valence-electron chi connectivity index (χ2n) is 3.13. The standard InChI is InChI=1S/C10H8F3NO2/c1-7(14(15)16)6-8-4-2-3-5-9(8)10(11,12)13/h2-6H,1H3. The predicted octanol–water partition coefficient (Wildman–Crippen LogP) is 3.34. The van der Waals surface area contributed by atoms with Gasteiger partial charge in [0.15, 0.2) is 0 Å². The van der Waals surface area contributed by atoms with Crippen LogP contribution < -0.4 is 0 Å². The van der Waals surface area contributed by atoms with Gasteiger partial charge in [0.1, 0.15) is 0 Å². The monoisotopic (exact) mass is 231 g/mol. The van der Waals surface area contributed by atoms with E-state index in [0.29, 0.717) is 0 Å². The van der Waals surface area contributed by atoms with Crippen molar-refractivity contribution >= 4 is 6.08 Å². The number of halogens is 3. The highest BCUT2D eigenvalue weighted by molar-refractivity contribution is 5.55. The molecule has 0 atom stereocenters. The SMILES string of the molecule is CC(=Cc1ccccc1C(F)(F)F)[N+](=O)[O-]. The van der Waals surface area contributed by atoms with E-state index in [2.05, 4.69) is 0 Å². The molecule has 0 aliphatic heterocycles. The Morgan fingerprint density at radius 3 is 2.44 bits per heavy atom. The van der Waals surface area contributed by atoms with Gasteiger partial charge in [-0.05, 0) is 11.6 Å². The maximum absolute atomic E-state index is 12.5. The van der Waals surface area contributed by atoms with Crippen LogP contribution in [0.15, 0.2) is 30.0 Å². The van der Waals surface area contributed by atoms with Crippen LogP contribution in [0.2, 0.25) is 0 Å². The second-order valence-corrected chi connectivity index (χ2v) is 3.13. The zero-order chi connectivity index (χ0) is 12.3. The van der Waals surface area contributed by atoms with E-state index in [0.717, 1.165) is 19.1 Å². The number of hydrogen-bond donors (Lipinski definition) is 0. The quantitative estimate of drug-likeness (QED) is 0.578. The molecule has 3 nitrogen and oxygen atoms in total. The van der Waals surface area contributed by atoms with E-state index >= 15 is 0 Å². The van der Waals surface area contributed by atoms with E-state index in [1.807, 2.05) is 0 Å². The smallest absolute Gasteiger partial charge is 0.259 e. The lowest BCUT2D eigenvalue weighted by atomic mass is 10.1. The van der Waals surface area contributed by atoms with Crippen LogP contribution in [0, 0.1) is 10.1 Å². The Bertz CT molecular complexity index is 438. The molecule has 16 heavy (non-hydrogen) atoms. The molecule has 0 N–H and O–H groups in total. The number of nitrogens with zero attached hydrogens (tertiary/aromatic N) is 1. The Hall–Kier alpha value is -1.85. The summed E-state index contributed by atoms with van der Waals surface area (Å²) in [6, 6.07) is 4.71. The van der Waals surface area contributed by atoms with Crippen LogP contribution in [0.5, 0.6) is 0 Å². The van der Waals surface area contributed by atoms with E-state index in [9.17, 15) is 23.3 Å². The fourth-order valence-corrected chi connectivity index (χ4v) is 1.16. The average Bonchev–Trinajstić information content (AvgIpc) is 2.16. The molecule has 0 amide bonds. The first-order valence-corrected chi connectivity index (χ1v) is 4.31. The molecule has 0 aromatic heterocycles. The van der Waals surface area contributed by atoms with Crippen LogP contribution in [0.4, 0.5) is 13.2 Å². The van der Waals surface area contributed by atoms with Gasteiger partial charge in [-0.25, -0.2) is 0 Å². The number of nitro groups is 1. The Morgan fingerprint density at radius 2 is 1.94 bits per heavy atom. The van der Waals surface area contributed by atoms with Gasteiger partial charge in [-0.3, -0.25) is 10.1 Å². The molecule has 1 rings (SSSR count). The number of hydrogen-bond acceptors (Lipinski definition) is 2. The summed E-state index contributed by atoms with van der Waals surface area (Å²) in [6.45, 7) is 1.15. The van der Waals surface area contributed by atoms with E-state index in [1.54, 1.807) is 0 Å². The lowest BCUT2D eigenvalue weighted by molar-refractivity contribution is -0.422. The summed E-state index contributed by atoms with van der Waals surface area (Å²) < 4.78 is 37.5. The molecule has 6 heteroatoms. The maximum Gasteiger partial charge on any atom is 0.416 e. The van der Waals surface area contributed by atoms with Gasteiger partial charge in [-0.2, -0.15) is 13.2 Å². The van der Waals surface area contributed by atoms with Gasteiger partial charge < -0.3 is 0 Å². The normalized spacial score (nSPS) is 12.6. The first-order valence-electron chi connectivity index (χ1n) is 4.31. The first-order chi connectivity index (χ1) is 7.32. The minimum atomic E-state index is -4.51. The number of allylic oxidation sites excluding steroid dienone is 1. The molecule has 0 saturated carbocycles. The van der Waals surface area contributed by atoms with Crippen LogP contribution in [-0.4, -0.2) is 4.92 Å². The minimum absolute atomic E-state index is 0.204. The topological polar surface area (TPSA) is 43.1 Å². The zero-order valence-corrected chi connectivity index (χ0v) is 8.28. The molecule has 0 radical (unpaired) electrons. The Balaban J connectivity index is 3.25. The molecule has 0 saturated heterocycles. The van der Waals surface area contributed by atoms with E-state index < -0.39 is 16.7 Å². The third-order valence-corrected chi connectivity index (χ3v) is 1.92. The van der Waals surface area contributed by atoms with Gasteiger partial charge in [0, 0.05) is 13.0 Å². The van der Waals surface area contributed by atoms with Crippen molar-refractivity contribution in [3.63, 3.8) is 0 Å². The van der Waals surface area contributed by atoms with Crippen molar-refractivity contribution < 1.29 is 18.1 Å². The highest BCUT2D eigenvalue weighted by Crippen LogP contribution is 2.32. The first kappa shape index (κ1) is 12.2.